The minimum absolute atomic E-state index is 0.0951. The van der Waals surface area contributed by atoms with Gasteiger partial charge in [-0.15, -0.1) is 0 Å². The summed E-state index contributed by atoms with van der Waals surface area (Å²) in [5, 5.41) is 0. The zero-order chi connectivity index (χ0) is 12.5. The lowest BCUT2D eigenvalue weighted by Gasteiger charge is -2.17. The van der Waals surface area contributed by atoms with Gasteiger partial charge in [-0.05, 0) is 29.5 Å². The van der Waals surface area contributed by atoms with Crippen molar-refractivity contribution < 1.29 is 17.6 Å². The van der Waals surface area contributed by atoms with Crippen LogP contribution in [0.1, 0.15) is 37.8 Å². The Kier molecular flexibility index (Phi) is 3.61. The summed E-state index contributed by atoms with van der Waals surface area (Å²) < 4.78 is 50.4. The number of benzene rings is 1. The Hall–Kier alpha value is -1.06. The maximum absolute atomic E-state index is 13.5. The van der Waals surface area contributed by atoms with Crippen molar-refractivity contribution >= 4 is 0 Å². The van der Waals surface area contributed by atoms with Crippen molar-refractivity contribution in [1.29, 1.82) is 0 Å². The number of halogens is 4. The zero-order valence-corrected chi connectivity index (χ0v) is 9.40. The van der Waals surface area contributed by atoms with Crippen molar-refractivity contribution in [1.82, 2.24) is 0 Å². The van der Waals surface area contributed by atoms with Crippen LogP contribution in [0.3, 0.4) is 0 Å². The van der Waals surface area contributed by atoms with Crippen molar-refractivity contribution in [3.8, 4) is 0 Å². The molecule has 16 heavy (non-hydrogen) atoms. The summed E-state index contributed by atoms with van der Waals surface area (Å²) in [5.41, 5.74) is -0.604. The molecular formula is C12H14F4. The Labute approximate surface area is 92.3 Å². The Morgan fingerprint density at radius 3 is 2.00 bits per heavy atom. The Morgan fingerprint density at radius 1 is 1.06 bits per heavy atom. The molecule has 0 fully saturated rings. The van der Waals surface area contributed by atoms with E-state index in [1.807, 2.05) is 13.8 Å². The SMILES string of the molecule is CC(C)[C@H](C)c1ccc(C(F)(F)F)cc1F. The van der Waals surface area contributed by atoms with Crippen molar-refractivity contribution in [2.45, 2.75) is 32.9 Å². The normalized spacial score (nSPS) is 14.2. The summed E-state index contributed by atoms with van der Waals surface area (Å²) >= 11 is 0. The van der Waals surface area contributed by atoms with Crippen LogP contribution >= 0.6 is 0 Å². The molecule has 1 aromatic carbocycles. The molecule has 1 aromatic rings. The molecule has 0 amide bonds. The van der Waals surface area contributed by atoms with Crippen LogP contribution in [0.2, 0.25) is 0 Å². The number of hydrogen-bond acceptors (Lipinski definition) is 0. The Balaban J connectivity index is 3.10. The van der Waals surface area contributed by atoms with E-state index in [9.17, 15) is 17.6 Å². The van der Waals surface area contributed by atoms with E-state index < -0.39 is 17.6 Å². The van der Waals surface area contributed by atoms with Gasteiger partial charge >= 0.3 is 6.18 Å². The maximum Gasteiger partial charge on any atom is 0.416 e. The highest BCUT2D eigenvalue weighted by atomic mass is 19.4. The second-order valence-corrected chi connectivity index (χ2v) is 4.27. The predicted octanol–water partition coefficient (Wildman–Crippen LogP) is 4.60. The largest absolute Gasteiger partial charge is 0.416 e. The van der Waals surface area contributed by atoms with E-state index in [1.54, 1.807) is 6.92 Å². The van der Waals surface area contributed by atoms with Crippen LogP contribution in [0.15, 0.2) is 18.2 Å². The minimum atomic E-state index is -4.49. The average Bonchev–Trinajstić information content (AvgIpc) is 2.15. The first kappa shape index (κ1) is 13.0. The molecule has 0 aliphatic carbocycles. The van der Waals surface area contributed by atoms with E-state index >= 15 is 0 Å². The van der Waals surface area contributed by atoms with Crippen LogP contribution in [0.5, 0.6) is 0 Å². The summed E-state index contributed by atoms with van der Waals surface area (Å²) in [5.74, 6) is -0.690. The van der Waals surface area contributed by atoms with Crippen LogP contribution in [0.4, 0.5) is 17.6 Å². The average molecular weight is 234 g/mol. The van der Waals surface area contributed by atoms with Crippen molar-refractivity contribution in [3.05, 3.63) is 35.1 Å². The van der Waals surface area contributed by atoms with E-state index in [2.05, 4.69) is 0 Å². The number of rotatable bonds is 2. The summed E-state index contributed by atoms with van der Waals surface area (Å²) in [4.78, 5) is 0. The smallest absolute Gasteiger partial charge is 0.207 e. The summed E-state index contributed by atoms with van der Waals surface area (Å²) in [6, 6.07) is 2.72. The molecule has 0 nitrogen and oxygen atoms in total. The first-order valence-electron chi connectivity index (χ1n) is 5.10. The van der Waals surface area contributed by atoms with Crippen molar-refractivity contribution in [2.24, 2.45) is 5.92 Å². The second kappa shape index (κ2) is 4.44. The first-order valence-corrected chi connectivity index (χ1v) is 5.10. The molecule has 0 aromatic heterocycles. The van der Waals surface area contributed by atoms with Gasteiger partial charge in [0.05, 0.1) is 5.56 Å². The van der Waals surface area contributed by atoms with Crippen LogP contribution in [0, 0.1) is 11.7 Å². The van der Waals surface area contributed by atoms with Gasteiger partial charge in [-0.25, -0.2) is 4.39 Å². The van der Waals surface area contributed by atoms with E-state index in [-0.39, 0.29) is 11.8 Å². The highest BCUT2D eigenvalue weighted by Gasteiger charge is 2.31. The molecule has 1 rings (SSSR count). The third-order valence-corrected chi connectivity index (χ3v) is 2.82. The highest BCUT2D eigenvalue weighted by Crippen LogP contribution is 2.33. The van der Waals surface area contributed by atoms with Gasteiger partial charge < -0.3 is 0 Å². The van der Waals surface area contributed by atoms with E-state index in [0.717, 1.165) is 6.07 Å². The highest BCUT2D eigenvalue weighted by molar-refractivity contribution is 5.28. The Bertz CT molecular complexity index is 366. The lowest BCUT2D eigenvalue weighted by molar-refractivity contribution is -0.137. The third kappa shape index (κ3) is 2.74. The van der Waals surface area contributed by atoms with E-state index in [0.29, 0.717) is 11.6 Å². The molecule has 0 aliphatic heterocycles. The molecule has 0 spiro atoms. The topological polar surface area (TPSA) is 0 Å². The molecule has 0 saturated carbocycles. The molecule has 0 radical (unpaired) electrons. The molecule has 0 N–H and O–H groups in total. The summed E-state index contributed by atoms with van der Waals surface area (Å²) in [7, 11) is 0. The predicted molar refractivity (Wildman–Crippen MR) is 54.7 cm³/mol. The number of hydrogen-bond donors (Lipinski definition) is 0. The van der Waals surface area contributed by atoms with Gasteiger partial charge in [-0.3, -0.25) is 0 Å². The standard InChI is InChI=1S/C12H14F4/c1-7(2)8(3)10-5-4-9(6-11(10)13)12(14,15)16/h4-8H,1-3H3/t8-/m0/s1. The molecule has 90 valence electrons. The lowest BCUT2D eigenvalue weighted by Crippen LogP contribution is -2.09. The molecule has 0 unspecified atom stereocenters. The van der Waals surface area contributed by atoms with Crippen LogP contribution in [-0.4, -0.2) is 0 Å². The quantitative estimate of drug-likeness (QED) is 0.656. The maximum atomic E-state index is 13.5. The Morgan fingerprint density at radius 2 is 1.62 bits per heavy atom. The van der Waals surface area contributed by atoms with E-state index in [4.69, 9.17) is 0 Å². The summed E-state index contributed by atoms with van der Waals surface area (Å²) in [6.45, 7) is 5.61. The van der Waals surface area contributed by atoms with Gasteiger partial charge in [0.2, 0.25) is 0 Å². The fraction of sp³-hybridized carbons (Fsp3) is 0.500. The van der Waals surface area contributed by atoms with Gasteiger partial charge in [0, 0.05) is 0 Å². The third-order valence-electron chi connectivity index (χ3n) is 2.82. The molecule has 0 saturated heterocycles. The fourth-order valence-corrected chi connectivity index (χ4v) is 1.43. The van der Waals surface area contributed by atoms with Gasteiger partial charge in [-0.2, -0.15) is 13.2 Å². The molecule has 0 bridgehead atoms. The lowest BCUT2D eigenvalue weighted by atomic mass is 9.89. The molecule has 1 atom stereocenters. The number of alkyl halides is 3. The van der Waals surface area contributed by atoms with Crippen molar-refractivity contribution in [2.75, 3.05) is 0 Å². The molecule has 4 heteroatoms. The van der Waals surface area contributed by atoms with Crippen LogP contribution in [-0.2, 0) is 6.18 Å². The van der Waals surface area contributed by atoms with Crippen molar-refractivity contribution in [3.63, 3.8) is 0 Å². The second-order valence-electron chi connectivity index (χ2n) is 4.27. The van der Waals surface area contributed by atoms with Gasteiger partial charge in [-0.1, -0.05) is 26.8 Å². The minimum Gasteiger partial charge on any atom is -0.207 e. The molecule has 0 heterocycles. The monoisotopic (exact) mass is 234 g/mol. The van der Waals surface area contributed by atoms with Gasteiger partial charge in [0.1, 0.15) is 5.82 Å². The molecular weight excluding hydrogens is 220 g/mol. The molecule has 0 aliphatic rings. The fourth-order valence-electron chi connectivity index (χ4n) is 1.43. The van der Waals surface area contributed by atoms with Crippen LogP contribution in [0.25, 0.3) is 0 Å². The van der Waals surface area contributed by atoms with Gasteiger partial charge in [0.25, 0.3) is 0 Å². The van der Waals surface area contributed by atoms with Gasteiger partial charge in [0.15, 0.2) is 0 Å². The zero-order valence-electron chi connectivity index (χ0n) is 9.40. The summed E-state index contributed by atoms with van der Waals surface area (Å²) in [6.07, 6.45) is -4.49. The van der Waals surface area contributed by atoms with Crippen LogP contribution < -0.4 is 0 Å². The van der Waals surface area contributed by atoms with E-state index in [1.165, 1.54) is 6.07 Å². The first-order chi connectivity index (χ1) is 7.23.